The van der Waals surface area contributed by atoms with Crippen LogP contribution in [0.3, 0.4) is 0 Å². The zero-order valence-electron chi connectivity index (χ0n) is 10.8. The van der Waals surface area contributed by atoms with Crippen molar-refractivity contribution in [3.63, 3.8) is 0 Å². The fourth-order valence-electron chi connectivity index (χ4n) is 2.49. The van der Waals surface area contributed by atoms with Crippen molar-refractivity contribution in [3.05, 3.63) is 22.4 Å². The predicted octanol–water partition coefficient (Wildman–Crippen LogP) is 4.46. The van der Waals surface area contributed by atoms with Crippen LogP contribution in [0.25, 0.3) is 0 Å². The predicted molar refractivity (Wildman–Crippen MR) is 80.0 cm³/mol. The Hall–Kier alpha value is 0.01000. The summed E-state index contributed by atoms with van der Waals surface area (Å²) >= 11 is 4.02. The average Bonchev–Trinajstić information content (AvgIpc) is 2.85. The van der Waals surface area contributed by atoms with Crippen LogP contribution >= 0.6 is 23.1 Å². The lowest BCUT2D eigenvalue weighted by Gasteiger charge is -2.32. The van der Waals surface area contributed by atoms with Gasteiger partial charge in [-0.1, -0.05) is 26.3 Å². The van der Waals surface area contributed by atoms with Crippen molar-refractivity contribution in [2.45, 2.75) is 56.9 Å². The lowest BCUT2D eigenvalue weighted by atomic mass is 10.0. The van der Waals surface area contributed by atoms with Crippen LogP contribution in [0, 0.1) is 0 Å². The van der Waals surface area contributed by atoms with Gasteiger partial charge >= 0.3 is 0 Å². The molecule has 1 aromatic rings. The van der Waals surface area contributed by atoms with E-state index < -0.39 is 0 Å². The Labute approximate surface area is 113 Å². The van der Waals surface area contributed by atoms with E-state index in [4.69, 9.17) is 0 Å². The van der Waals surface area contributed by atoms with Gasteiger partial charge in [0.15, 0.2) is 0 Å². The van der Waals surface area contributed by atoms with Crippen molar-refractivity contribution >= 4 is 23.1 Å². The second-order valence-electron chi connectivity index (χ2n) is 4.85. The molecule has 1 nitrogen and oxygen atoms in total. The van der Waals surface area contributed by atoms with E-state index >= 15 is 0 Å². The lowest BCUT2D eigenvalue weighted by Crippen LogP contribution is -2.41. The quantitative estimate of drug-likeness (QED) is 0.847. The van der Waals surface area contributed by atoms with Gasteiger partial charge in [0.05, 0.1) is 0 Å². The first-order chi connectivity index (χ1) is 8.31. The largest absolute Gasteiger partial charge is 0.305 e. The van der Waals surface area contributed by atoms with E-state index in [1.54, 1.807) is 0 Å². The van der Waals surface area contributed by atoms with Crippen LogP contribution in [-0.2, 0) is 0 Å². The third kappa shape index (κ3) is 3.73. The summed E-state index contributed by atoms with van der Waals surface area (Å²) in [6.45, 7) is 4.65. The van der Waals surface area contributed by atoms with Gasteiger partial charge in [-0.25, -0.2) is 0 Å². The van der Waals surface area contributed by atoms with Gasteiger partial charge in [0.25, 0.3) is 0 Å². The number of nitrogens with one attached hydrogen (secondary N) is 1. The van der Waals surface area contributed by atoms with E-state index in [0.29, 0.717) is 12.1 Å². The van der Waals surface area contributed by atoms with Gasteiger partial charge in [0.2, 0.25) is 0 Å². The first kappa shape index (κ1) is 13.4. The van der Waals surface area contributed by atoms with Gasteiger partial charge in [-0.05, 0) is 36.5 Å². The second-order valence-corrected chi connectivity index (χ2v) is 7.31. The van der Waals surface area contributed by atoms with Crippen LogP contribution in [0.2, 0.25) is 0 Å². The minimum Gasteiger partial charge on any atom is -0.305 e. The molecule has 3 heteroatoms. The molecular weight excluding hydrogens is 246 g/mol. The summed E-state index contributed by atoms with van der Waals surface area (Å²) in [6, 6.07) is 5.72. The van der Waals surface area contributed by atoms with Crippen molar-refractivity contribution in [1.82, 2.24) is 5.32 Å². The van der Waals surface area contributed by atoms with Gasteiger partial charge in [-0.2, -0.15) is 11.8 Å². The highest BCUT2D eigenvalue weighted by Gasteiger charge is 2.24. The number of hydrogen-bond acceptors (Lipinski definition) is 3. The summed E-state index contributed by atoms with van der Waals surface area (Å²) in [6.07, 6.45) is 5.23. The molecule has 1 fully saturated rings. The molecule has 0 aromatic carbocycles. The van der Waals surface area contributed by atoms with Gasteiger partial charge in [0.1, 0.15) is 0 Å². The second kappa shape index (κ2) is 6.81. The molecule has 0 bridgehead atoms. The Morgan fingerprint density at radius 1 is 1.53 bits per heavy atom. The fourth-order valence-corrected chi connectivity index (χ4v) is 4.46. The molecule has 1 aliphatic heterocycles. The lowest BCUT2D eigenvalue weighted by molar-refractivity contribution is 0.388. The topological polar surface area (TPSA) is 12.0 Å². The highest BCUT2D eigenvalue weighted by molar-refractivity contribution is 7.99. The minimum atomic E-state index is 0.575. The van der Waals surface area contributed by atoms with Crippen molar-refractivity contribution in [3.8, 4) is 0 Å². The average molecular weight is 269 g/mol. The highest BCUT2D eigenvalue weighted by atomic mass is 32.2. The Bertz CT molecular complexity index is 310. The molecule has 1 N–H and O–H groups in total. The van der Waals surface area contributed by atoms with E-state index in [1.165, 1.54) is 36.3 Å². The standard InChI is InChI=1S/C14H23NS2/c1-3-6-13(14-8-5-10-17-14)15-12-7-4-9-16-11(12)2/h5,8,10-13,15H,3-4,6-7,9H2,1-2H3. The normalized spacial score (nSPS) is 26.9. The molecule has 1 aliphatic rings. The molecule has 0 radical (unpaired) electrons. The molecule has 0 amide bonds. The van der Waals surface area contributed by atoms with Crippen molar-refractivity contribution in [2.24, 2.45) is 0 Å². The first-order valence-corrected chi connectivity index (χ1v) is 8.65. The summed E-state index contributed by atoms with van der Waals surface area (Å²) in [7, 11) is 0. The van der Waals surface area contributed by atoms with Crippen molar-refractivity contribution < 1.29 is 0 Å². The molecule has 2 rings (SSSR count). The molecule has 0 saturated carbocycles. The highest BCUT2D eigenvalue weighted by Crippen LogP contribution is 2.30. The molecule has 96 valence electrons. The molecule has 0 spiro atoms. The number of hydrogen-bond donors (Lipinski definition) is 1. The van der Waals surface area contributed by atoms with Crippen LogP contribution in [0.15, 0.2) is 17.5 Å². The summed E-state index contributed by atoms with van der Waals surface area (Å²) < 4.78 is 0. The zero-order valence-corrected chi connectivity index (χ0v) is 12.4. The molecule has 2 heterocycles. The van der Waals surface area contributed by atoms with Crippen LogP contribution < -0.4 is 5.32 Å². The van der Waals surface area contributed by atoms with Crippen LogP contribution in [-0.4, -0.2) is 17.0 Å². The molecule has 17 heavy (non-hydrogen) atoms. The van der Waals surface area contributed by atoms with E-state index in [1.807, 2.05) is 11.3 Å². The maximum Gasteiger partial charge on any atom is 0.0417 e. The Morgan fingerprint density at radius 3 is 3.06 bits per heavy atom. The number of rotatable bonds is 5. The maximum absolute atomic E-state index is 3.90. The molecule has 1 saturated heterocycles. The summed E-state index contributed by atoms with van der Waals surface area (Å²) in [5.41, 5.74) is 0. The monoisotopic (exact) mass is 269 g/mol. The molecule has 3 unspecified atom stereocenters. The number of thioether (sulfide) groups is 1. The van der Waals surface area contributed by atoms with Gasteiger partial charge < -0.3 is 5.32 Å². The van der Waals surface area contributed by atoms with E-state index in [9.17, 15) is 0 Å². The molecule has 0 aliphatic carbocycles. The Balaban J connectivity index is 1.97. The first-order valence-electron chi connectivity index (χ1n) is 6.72. The van der Waals surface area contributed by atoms with Crippen LogP contribution in [0.5, 0.6) is 0 Å². The van der Waals surface area contributed by atoms with Gasteiger partial charge in [-0.15, -0.1) is 11.3 Å². The Kier molecular flexibility index (Phi) is 5.39. The third-order valence-electron chi connectivity index (χ3n) is 3.49. The zero-order chi connectivity index (χ0) is 12.1. The van der Waals surface area contributed by atoms with Crippen LogP contribution in [0.4, 0.5) is 0 Å². The van der Waals surface area contributed by atoms with E-state index in [-0.39, 0.29) is 0 Å². The molecular formula is C14H23NS2. The van der Waals surface area contributed by atoms with E-state index in [0.717, 1.165) is 5.25 Å². The Morgan fingerprint density at radius 2 is 2.41 bits per heavy atom. The van der Waals surface area contributed by atoms with Crippen LogP contribution in [0.1, 0.15) is 50.4 Å². The summed E-state index contributed by atoms with van der Waals surface area (Å²) in [5, 5.41) is 6.86. The molecule has 3 atom stereocenters. The third-order valence-corrected chi connectivity index (χ3v) is 5.85. The minimum absolute atomic E-state index is 0.575. The summed E-state index contributed by atoms with van der Waals surface area (Å²) in [4.78, 5) is 1.51. The fraction of sp³-hybridized carbons (Fsp3) is 0.714. The van der Waals surface area contributed by atoms with Gasteiger partial charge in [0, 0.05) is 22.2 Å². The van der Waals surface area contributed by atoms with Crippen molar-refractivity contribution in [1.29, 1.82) is 0 Å². The van der Waals surface area contributed by atoms with Crippen molar-refractivity contribution in [2.75, 3.05) is 5.75 Å². The maximum atomic E-state index is 3.90. The van der Waals surface area contributed by atoms with E-state index in [2.05, 4.69) is 48.4 Å². The number of thiophene rings is 1. The SMILES string of the molecule is CCCC(NC1CCCSC1C)c1cccs1. The van der Waals surface area contributed by atoms with Gasteiger partial charge in [-0.3, -0.25) is 0 Å². The smallest absolute Gasteiger partial charge is 0.0417 e. The molecule has 1 aromatic heterocycles. The summed E-state index contributed by atoms with van der Waals surface area (Å²) in [5.74, 6) is 1.34.